The fourth-order valence-electron chi connectivity index (χ4n) is 4.61. The van der Waals surface area contributed by atoms with Gasteiger partial charge in [-0.05, 0) is 83.1 Å². The second-order valence-electron chi connectivity index (χ2n) is 14.8. The highest BCUT2D eigenvalue weighted by atomic mass is 127. The van der Waals surface area contributed by atoms with Crippen LogP contribution >= 0.6 is 22.6 Å². The van der Waals surface area contributed by atoms with Gasteiger partial charge >= 0.3 is 12.1 Å². The number of benzene rings is 1. The third-order valence-electron chi connectivity index (χ3n) is 9.42. The summed E-state index contributed by atoms with van der Waals surface area (Å²) in [6.45, 7) is 22.2. The van der Waals surface area contributed by atoms with Crippen LogP contribution in [0.15, 0.2) is 36.9 Å². The van der Waals surface area contributed by atoms with Crippen molar-refractivity contribution in [3.05, 3.63) is 40.5 Å². The Balaban J connectivity index is 1.74. The van der Waals surface area contributed by atoms with Crippen LogP contribution in [0.2, 0.25) is 36.3 Å². The predicted molar refractivity (Wildman–Crippen MR) is 198 cm³/mol. The highest BCUT2D eigenvalue weighted by Crippen LogP contribution is 2.46. The maximum absolute atomic E-state index is 12.9. The lowest BCUT2D eigenvalue weighted by Crippen LogP contribution is -2.54. The molecule has 4 atom stereocenters. The first-order valence-corrected chi connectivity index (χ1v) is 22.6. The number of urea groups is 2. The van der Waals surface area contributed by atoms with E-state index in [0.717, 1.165) is 3.57 Å². The first-order valence-electron chi connectivity index (χ1n) is 15.7. The number of halogens is 1. The fourth-order valence-corrected chi connectivity index (χ4v) is 7.58. The molecule has 3 aromatic rings. The number of nitrogens with one attached hydrogen (secondary N) is 4. The van der Waals surface area contributed by atoms with E-state index >= 15 is 0 Å². The van der Waals surface area contributed by atoms with Gasteiger partial charge in [0.15, 0.2) is 39.8 Å². The Morgan fingerprint density at radius 1 is 0.894 bits per heavy atom. The molecular weight excluding hydrogens is 747 g/mol. The molecule has 16 heteroatoms. The molecule has 0 unspecified atom stereocenters. The van der Waals surface area contributed by atoms with Gasteiger partial charge in [0, 0.05) is 22.8 Å². The van der Waals surface area contributed by atoms with Crippen LogP contribution in [0.4, 0.5) is 21.1 Å². The van der Waals surface area contributed by atoms with Gasteiger partial charge in [0.2, 0.25) is 0 Å². The number of ether oxygens (including phenoxy) is 1. The maximum atomic E-state index is 12.9. The van der Waals surface area contributed by atoms with E-state index in [1.54, 1.807) is 13.4 Å². The summed E-state index contributed by atoms with van der Waals surface area (Å²) in [5.74, 6) is 0.253. The maximum Gasteiger partial charge on any atom is 0.324 e. The van der Waals surface area contributed by atoms with Crippen LogP contribution in [0.1, 0.15) is 47.8 Å². The zero-order valence-corrected chi connectivity index (χ0v) is 33.3. The molecule has 3 heterocycles. The Hall–Kier alpha value is -2.65. The molecule has 4 N–H and O–H groups in total. The zero-order valence-electron chi connectivity index (χ0n) is 29.2. The number of carbonyl (C=O) groups is 2. The van der Waals surface area contributed by atoms with E-state index in [1.807, 2.05) is 28.8 Å². The molecule has 47 heavy (non-hydrogen) atoms. The molecule has 0 aliphatic carbocycles. The van der Waals surface area contributed by atoms with Crippen molar-refractivity contribution in [3.8, 4) is 0 Å². The molecule has 0 radical (unpaired) electrons. The molecule has 1 saturated heterocycles. The number of hydrogen-bond acceptors (Lipinski definition) is 8. The summed E-state index contributed by atoms with van der Waals surface area (Å²) in [6, 6.07) is 6.69. The van der Waals surface area contributed by atoms with Crippen molar-refractivity contribution in [2.24, 2.45) is 0 Å². The summed E-state index contributed by atoms with van der Waals surface area (Å²) in [5, 5.41) is 11.0. The molecule has 0 bridgehead atoms. The van der Waals surface area contributed by atoms with Crippen LogP contribution in [-0.4, -0.2) is 80.1 Å². The fraction of sp³-hybridized carbons (Fsp3) is 0.581. The van der Waals surface area contributed by atoms with Gasteiger partial charge in [-0.1, -0.05) is 41.5 Å². The van der Waals surface area contributed by atoms with Gasteiger partial charge in [0.1, 0.15) is 24.6 Å². The second kappa shape index (κ2) is 14.1. The Labute approximate surface area is 293 Å². The molecular formula is C31H49IN8O5Si2. The van der Waals surface area contributed by atoms with Gasteiger partial charge in [-0.25, -0.2) is 24.5 Å². The molecule has 1 aromatic carbocycles. The number of fused-ring (bicyclic) bond motifs is 1. The average molecular weight is 797 g/mol. The number of hydrogen-bond donors (Lipinski definition) is 4. The van der Waals surface area contributed by atoms with Crippen molar-refractivity contribution in [1.82, 2.24) is 30.2 Å². The minimum absolute atomic E-state index is 0.0837. The number of aromatic nitrogens is 4. The standard InChI is InChI=1S/C31H49IN8O5Si2/c1-30(2,3)46(8,9)44-23-21(16-34-28(41)33-7)43-27(24(23)45-47(10,11)31(4,5)6)40-18-37-22-25(35-17-36-26(22)40)39-29(42)38-20-14-12-19(32)13-15-20/h12-15,17-18,21,23-24,27H,16H2,1-11H3,(H2,33,34,41)(H2,35,36,38,39,42)/t21-,23-,24-,27-/m1/s1. The smallest absolute Gasteiger partial charge is 0.324 e. The highest BCUT2D eigenvalue weighted by Gasteiger charge is 2.54. The lowest BCUT2D eigenvalue weighted by molar-refractivity contribution is -0.0301. The van der Waals surface area contributed by atoms with Gasteiger partial charge in [-0.2, -0.15) is 0 Å². The highest BCUT2D eigenvalue weighted by molar-refractivity contribution is 14.1. The Kier molecular flexibility index (Phi) is 11.1. The quantitative estimate of drug-likeness (QED) is 0.138. The van der Waals surface area contributed by atoms with Crippen molar-refractivity contribution >= 4 is 74.0 Å². The molecule has 1 aliphatic rings. The summed E-state index contributed by atoms with van der Waals surface area (Å²) in [4.78, 5) is 38.7. The number of carbonyl (C=O) groups excluding carboxylic acids is 2. The third-order valence-corrected chi connectivity index (χ3v) is 19.1. The average Bonchev–Trinajstić information content (AvgIpc) is 3.53. The van der Waals surface area contributed by atoms with Gasteiger partial charge < -0.3 is 29.5 Å². The number of amides is 4. The van der Waals surface area contributed by atoms with E-state index in [1.165, 1.54) is 6.33 Å². The summed E-state index contributed by atoms with van der Waals surface area (Å²) in [5.41, 5.74) is 1.51. The molecule has 4 rings (SSSR count). The van der Waals surface area contributed by atoms with E-state index in [4.69, 9.17) is 13.6 Å². The molecule has 1 fully saturated rings. The lowest BCUT2D eigenvalue weighted by Gasteiger charge is -2.44. The Bertz CT molecular complexity index is 1570. The first kappa shape index (κ1) is 37.2. The minimum Gasteiger partial charge on any atom is -0.408 e. The van der Waals surface area contributed by atoms with E-state index in [-0.39, 0.29) is 28.5 Å². The van der Waals surface area contributed by atoms with E-state index in [9.17, 15) is 9.59 Å². The minimum atomic E-state index is -2.39. The van der Waals surface area contributed by atoms with Crippen molar-refractivity contribution in [2.45, 2.75) is 102 Å². The van der Waals surface area contributed by atoms with Crippen molar-refractivity contribution in [1.29, 1.82) is 0 Å². The second-order valence-corrected chi connectivity index (χ2v) is 25.6. The number of anilines is 2. The molecule has 2 aromatic heterocycles. The zero-order chi connectivity index (χ0) is 34.9. The summed E-state index contributed by atoms with van der Waals surface area (Å²) in [7, 11) is -3.16. The van der Waals surface area contributed by atoms with E-state index < -0.39 is 47.2 Å². The van der Waals surface area contributed by atoms with Crippen LogP contribution in [0.5, 0.6) is 0 Å². The molecule has 4 amide bonds. The molecule has 258 valence electrons. The van der Waals surface area contributed by atoms with Gasteiger partial charge in [-0.3, -0.25) is 9.88 Å². The Morgan fingerprint density at radius 3 is 2.06 bits per heavy atom. The molecule has 1 aliphatic heterocycles. The van der Waals surface area contributed by atoms with E-state index in [0.29, 0.717) is 16.9 Å². The van der Waals surface area contributed by atoms with Gasteiger partial charge in [0.05, 0.1) is 6.33 Å². The van der Waals surface area contributed by atoms with Crippen LogP contribution in [-0.2, 0) is 13.6 Å². The monoisotopic (exact) mass is 796 g/mol. The normalized spacial score (nSPS) is 20.7. The number of rotatable bonds is 9. The van der Waals surface area contributed by atoms with Crippen molar-refractivity contribution in [2.75, 3.05) is 24.2 Å². The summed E-state index contributed by atoms with van der Waals surface area (Å²) in [6.07, 6.45) is 0.750. The topological polar surface area (TPSA) is 154 Å². The van der Waals surface area contributed by atoms with E-state index in [2.05, 4.69) is 127 Å². The third kappa shape index (κ3) is 8.51. The molecule has 0 spiro atoms. The van der Waals surface area contributed by atoms with Crippen molar-refractivity contribution in [3.63, 3.8) is 0 Å². The SMILES string of the molecule is CNC(=O)NC[C@H]1O[C@@H](n2cnc3c(NC(=O)Nc4ccc(I)cc4)ncnc32)[C@H](O[Si](C)(C)C(C)(C)C)[C@@H]1O[Si](C)(C)C(C)(C)C. The molecule has 13 nitrogen and oxygen atoms in total. The van der Waals surface area contributed by atoms with Crippen LogP contribution in [0, 0.1) is 3.57 Å². The van der Waals surface area contributed by atoms with Crippen LogP contribution < -0.4 is 21.3 Å². The lowest BCUT2D eigenvalue weighted by atomic mass is 10.1. The summed E-state index contributed by atoms with van der Waals surface area (Å²) < 4.78 is 23.9. The van der Waals surface area contributed by atoms with Crippen molar-refractivity contribution < 1.29 is 23.2 Å². The Morgan fingerprint density at radius 2 is 1.49 bits per heavy atom. The molecule has 0 saturated carbocycles. The first-order chi connectivity index (χ1) is 21.7. The number of imidazole rings is 1. The predicted octanol–water partition coefficient (Wildman–Crippen LogP) is 6.68. The number of nitrogens with zero attached hydrogens (tertiary/aromatic N) is 4. The largest absolute Gasteiger partial charge is 0.408 e. The van der Waals surface area contributed by atoms with Gasteiger partial charge in [0.25, 0.3) is 0 Å². The van der Waals surface area contributed by atoms with Crippen LogP contribution in [0.25, 0.3) is 11.2 Å². The van der Waals surface area contributed by atoms with Gasteiger partial charge in [-0.15, -0.1) is 0 Å². The van der Waals surface area contributed by atoms with Crippen LogP contribution in [0.3, 0.4) is 0 Å². The summed E-state index contributed by atoms with van der Waals surface area (Å²) >= 11 is 2.21.